The maximum atomic E-state index is 6.24. The lowest BCUT2D eigenvalue weighted by atomic mass is 10.0. The highest BCUT2D eigenvalue weighted by Gasteiger charge is 2.13. The summed E-state index contributed by atoms with van der Waals surface area (Å²) in [5.74, 6) is 1.05. The number of benzene rings is 1. The van der Waals surface area contributed by atoms with Crippen LogP contribution in [-0.4, -0.2) is 12.0 Å². The van der Waals surface area contributed by atoms with Crippen LogP contribution >= 0.6 is 11.6 Å². The van der Waals surface area contributed by atoms with Gasteiger partial charge in [0, 0.05) is 11.6 Å². The lowest BCUT2D eigenvalue weighted by Gasteiger charge is -2.12. The zero-order chi connectivity index (χ0) is 14.7. The Morgan fingerprint density at radius 1 is 1.40 bits per heavy atom. The minimum absolute atomic E-state index is 0.246. The molecule has 0 amide bonds. The Morgan fingerprint density at radius 2 is 2.15 bits per heavy atom. The van der Waals surface area contributed by atoms with E-state index in [-0.39, 0.29) is 6.08 Å². The lowest BCUT2D eigenvalue weighted by molar-refractivity contribution is 0.329. The van der Waals surface area contributed by atoms with E-state index in [1.807, 2.05) is 26.1 Å². The largest absolute Gasteiger partial charge is 0.417 e. The first-order valence-electron chi connectivity index (χ1n) is 6.58. The molecule has 0 aliphatic heterocycles. The van der Waals surface area contributed by atoms with Crippen molar-refractivity contribution in [2.75, 3.05) is 7.05 Å². The highest BCUT2D eigenvalue weighted by molar-refractivity contribution is 6.31. The molecule has 20 heavy (non-hydrogen) atoms. The van der Waals surface area contributed by atoms with Gasteiger partial charge >= 0.3 is 6.08 Å². The first-order valence-corrected chi connectivity index (χ1v) is 6.96. The van der Waals surface area contributed by atoms with Crippen LogP contribution in [0.4, 0.5) is 0 Å². The van der Waals surface area contributed by atoms with Crippen molar-refractivity contribution in [1.82, 2.24) is 10.3 Å². The lowest BCUT2D eigenvalue weighted by Crippen LogP contribution is -2.04. The number of hydrogen-bond donors (Lipinski definition) is 1. The SMILES string of the molecule is CNCc1coc(Oc2cc(C(C)C)c(Cl)cc2C)n1. The molecule has 0 atom stereocenters. The van der Waals surface area contributed by atoms with Crippen LogP contribution in [0.15, 0.2) is 22.8 Å². The fourth-order valence-corrected chi connectivity index (χ4v) is 2.35. The smallest absolute Gasteiger partial charge is 0.399 e. The zero-order valence-electron chi connectivity index (χ0n) is 12.2. The number of ether oxygens (including phenoxy) is 1. The van der Waals surface area contributed by atoms with E-state index in [0.717, 1.165) is 27.6 Å². The second-order valence-electron chi connectivity index (χ2n) is 5.03. The Labute approximate surface area is 124 Å². The summed E-state index contributed by atoms with van der Waals surface area (Å²) in [5, 5.41) is 3.77. The molecule has 0 radical (unpaired) electrons. The van der Waals surface area contributed by atoms with Gasteiger partial charge in [-0.2, -0.15) is 4.98 Å². The molecule has 0 fully saturated rings. The Bertz CT molecular complexity index is 594. The van der Waals surface area contributed by atoms with Crippen molar-refractivity contribution >= 4 is 11.6 Å². The van der Waals surface area contributed by atoms with Gasteiger partial charge in [-0.25, -0.2) is 0 Å². The van der Waals surface area contributed by atoms with Crippen LogP contribution in [0.2, 0.25) is 5.02 Å². The molecular weight excluding hydrogens is 276 g/mol. The van der Waals surface area contributed by atoms with Gasteiger partial charge in [0.25, 0.3) is 0 Å². The van der Waals surface area contributed by atoms with Gasteiger partial charge in [0.05, 0.1) is 5.69 Å². The predicted octanol–water partition coefficient (Wildman–Crippen LogP) is 4.27. The fraction of sp³-hybridized carbons (Fsp3) is 0.400. The Balaban J connectivity index is 2.25. The highest BCUT2D eigenvalue weighted by atomic mass is 35.5. The third-order valence-corrected chi connectivity index (χ3v) is 3.33. The van der Waals surface area contributed by atoms with Crippen LogP contribution in [0.3, 0.4) is 0 Å². The van der Waals surface area contributed by atoms with Gasteiger partial charge in [-0.3, -0.25) is 0 Å². The van der Waals surface area contributed by atoms with Gasteiger partial charge in [-0.05, 0) is 43.1 Å². The molecule has 0 unspecified atom stereocenters. The van der Waals surface area contributed by atoms with E-state index >= 15 is 0 Å². The van der Waals surface area contributed by atoms with Crippen molar-refractivity contribution < 1.29 is 9.15 Å². The average molecular weight is 295 g/mol. The number of aromatic nitrogens is 1. The molecule has 5 heteroatoms. The topological polar surface area (TPSA) is 47.3 Å². The van der Waals surface area contributed by atoms with Crippen molar-refractivity contribution in [3.8, 4) is 11.8 Å². The van der Waals surface area contributed by atoms with Crippen LogP contribution in [0.5, 0.6) is 11.8 Å². The molecule has 2 aromatic rings. The maximum absolute atomic E-state index is 6.24. The molecule has 0 saturated carbocycles. The molecule has 0 saturated heterocycles. The molecule has 1 aromatic heterocycles. The molecule has 0 spiro atoms. The minimum Gasteiger partial charge on any atom is -0.417 e. The standard InChI is InChI=1S/C15H19ClN2O2/c1-9(2)12-6-14(10(3)5-13(12)16)20-15-18-11(7-17-4)8-19-15/h5-6,8-9,17H,7H2,1-4H3. The van der Waals surface area contributed by atoms with E-state index in [4.69, 9.17) is 20.8 Å². The Morgan fingerprint density at radius 3 is 2.80 bits per heavy atom. The van der Waals surface area contributed by atoms with E-state index in [1.165, 1.54) is 0 Å². The molecule has 1 aromatic carbocycles. The predicted molar refractivity (Wildman–Crippen MR) is 79.6 cm³/mol. The summed E-state index contributed by atoms with van der Waals surface area (Å²) in [7, 11) is 1.85. The number of rotatable bonds is 5. The molecule has 2 rings (SSSR count). The van der Waals surface area contributed by atoms with Gasteiger partial charge in [-0.1, -0.05) is 25.4 Å². The summed E-state index contributed by atoms with van der Waals surface area (Å²) in [4.78, 5) is 4.25. The molecule has 1 heterocycles. The normalized spacial score (nSPS) is 11.1. The van der Waals surface area contributed by atoms with Gasteiger partial charge in [0.2, 0.25) is 0 Å². The monoisotopic (exact) mass is 294 g/mol. The number of nitrogens with zero attached hydrogens (tertiary/aromatic N) is 1. The number of nitrogens with one attached hydrogen (secondary N) is 1. The maximum Gasteiger partial charge on any atom is 0.399 e. The third-order valence-electron chi connectivity index (χ3n) is 3.00. The van der Waals surface area contributed by atoms with Gasteiger partial charge in [0.1, 0.15) is 12.0 Å². The van der Waals surface area contributed by atoms with Crippen molar-refractivity contribution in [2.24, 2.45) is 0 Å². The molecule has 0 bridgehead atoms. The van der Waals surface area contributed by atoms with Crippen LogP contribution in [0, 0.1) is 6.92 Å². The van der Waals surface area contributed by atoms with Gasteiger partial charge < -0.3 is 14.5 Å². The van der Waals surface area contributed by atoms with E-state index in [1.54, 1.807) is 6.26 Å². The van der Waals surface area contributed by atoms with Gasteiger partial charge in [-0.15, -0.1) is 0 Å². The fourth-order valence-electron chi connectivity index (χ4n) is 1.91. The average Bonchev–Trinajstić information content (AvgIpc) is 2.80. The summed E-state index contributed by atoms with van der Waals surface area (Å²) < 4.78 is 11.0. The molecule has 0 aliphatic rings. The zero-order valence-corrected chi connectivity index (χ0v) is 12.9. The number of oxazole rings is 1. The summed E-state index contributed by atoms with van der Waals surface area (Å²) in [6.45, 7) is 6.78. The molecule has 1 N–H and O–H groups in total. The summed E-state index contributed by atoms with van der Waals surface area (Å²) in [5.41, 5.74) is 2.81. The molecular formula is C15H19ClN2O2. The van der Waals surface area contributed by atoms with Crippen molar-refractivity contribution in [2.45, 2.75) is 33.2 Å². The summed E-state index contributed by atoms with van der Waals surface area (Å²) >= 11 is 6.24. The third kappa shape index (κ3) is 3.32. The first-order chi connectivity index (χ1) is 9.51. The first kappa shape index (κ1) is 14.9. The Kier molecular flexibility index (Phi) is 4.68. The van der Waals surface area contributed by atoms with Gasteiger partial charge in [0.15, 0.2) is 0 Å². The quantitative estimate of drug-likeness (QED) is 0.894. The van der Waals surface area contributed by atoms with E-state index in [0.29, 0.717) is 12.5 Å². The van der Waals surface area contributed by atoms with Crippen molar-refractivity contribution in [3.63, 3.8) is 0 Å². The van der Waals surface area contributed by atoms with E-state index < -0.39 is 0 Å². The molecule has 4 nitrogen and oxygen atoms in total. The van der Waals surface area contributed by atoms with Crippen LogP contribution in [0.25, 0.3) is 0 Å². The second kappa shape index (κ2) is 6.29. The van der Waals surface area contributed by atoms with Crippen LogP contribution in [0.1, 0.15) is 36.6 Å². The van der Waals surface area contributed by atoms with Crippen molar-refractivity contribution in [3.05, 3.63) is 40.2 Å². The van der Waals surface area contributed by atoms with E-state index in [2.05, 4.69) is 24.1 Å². The second-order valence-corrected chi connectivity index (χ2v) is 5.44. The number of aryl methyl sites for hydroxylation is 1. The van der Waals surface area contributed by atoms with Crippen LogP contribution in [-0.2, 0) is 6.54 Å². The molecule has 0 aliphatic carbocycles. The number of halogens is 1. The summed E-state index contributed by atoms with van der Waals surface area (Å²) in [6.07, 6.45) is 1.83. The van der Waals surface area contributed by atoms with Crippen LogP contribution < -0.4 is 10.1 Å². The van der Waals surface area contributed by atoms with Crippen molar-refractivity contribution in [1.29, 1.82) is 0 Å². The minimum atomic E-state index is 0.246. The number of hydrogen-bond acceptors (Lipinski definition) is 4. The Hall–Kier alpha value is -1.52. The molecule has 108 valence electrons. The highest BCUT2D eigenvalue weighted by Crippen LogP contribution is 2.33. The summed E-state index contributed by atoms with van der Waals surface area (Å²) in [6, 6.07) is 3.86. The van der Waals surface area contributed by atoms with E-state index in [9.17, 15) is 0 Å².